The smallest absolute Gasteiger partial charge is 0.164 e. The van der Waals surface area contributed by atoms with Gasteiger partial charge in [0.05, 0.1) is 5.69 Å². The van der Waals surface area contributed by atoms with Gasteiger partial charge in [0.25, 0.3) is 0 Å². The van der Waals surface area contributed by atoms with Crippen molar-refractivity contribution in [1.82, 2.24) is 19.9 Å². The van der Waals surface area contributed by atoms with Crippen molar-refractivity contribution in [2.24, 2.45) is 0 Å². The summed E-state index contributed by atoms with van der Waals surface area (Å²) in [4.78, 5) is 20.2. The van der Waals surface area contributed by atoms with Gasteiger partial charge in [0.1, 0.15) is 0 Å². The molecule has 0 saturated heterocycles. The minimum Gasteiger partial charge on any atom is -0.256 e. The van der Waals surface area contributed by atoms with Crippen molar-refractivity contribution < 1.29 is 0 Å². The first kappa shape index (κ1) is 34.6. The van der Waals surface area contributed by atoms with Crippen molar-refractivity contribution in [3.63, 3.8) is 0 Å². The highest BCUT2D eigenvalue weighted by atomic mass is 15.0. The summed E-state index contributed by atoms with van der Waals surface area (Å²) in [6.45, 7) is 8.81. The number of nitrogens with zero attached hydrogens (tertiary/aromatic N) is 4. The Morgan fingerprint density at radius 3 is 1.78 bits per heavy atom. The van der Waals surface area contributed by atoms with Crippen LogP contribution in [-0.2, 0) is 6.42 Å². The number of pyridine rings is 1. The van der Waals surface area contributed by atoms with Crippen molar-refractivity contribution in [2.45, 2.75) is 40.5 Å². The largest absolute Gasteiger partial charge is 0.256 e. The zero-order chi connectivity index (χ0) is 37.0. The Morgan fingerprint density at radius 1 is 0.519 bits per heavy atom. The van der Waals surface area contributed by atoms with Gasteiger partial charge in [0.2, 0.25) is 0 Å². The second kappa shape index (κ2) is 15.2. The second-order valence-electron chi connectivity index (χ2n) is 13.6. The SMILES string of the molecule is C/C=C\c1c(CC)c(C)c(/C=C\CC)c2ccc(-c3cc(-c4cc5ccccc5cn4)cc(-c4nc(-c5ccccc5)nc(-c5ccccc5)n4)c3)cc12. The number of hydrogen-bond donors (Lipinski definition) is 0. The maximum absolute atomic E-state index is 5.12. The predicted octanol–water partition coefficient (Wildman–Crippen LogP) is 13.2. The van der Waals surface area contributed by atoms with Gasteiger partial charge in [0, 0.05) is 33.8 Å². The van der Waals surface area contributed by atoms with Gasteiger partial charge in [0.15, 0.2) is 17.5 Å². The zero-order valence-electron chi connectivity index (χ0n) is 31.2. The number of fused-ring (bicyclic) bond motifs is 2. The Hall–Kier alpha value is -6.52. The van der Waals surface area contributed by atoms with Crippen molar-refractivity contribution in [1.29, 1.82) is 0 Å². The normalized spacial score (nSPS) is 11.7. The highest BCUT2D eigenvalue weighted by Crippen LogP contribution is 2.38. The van der Waals surface area contributed by atoms with Gasteiger partial charge in [-0.05, 0) is 107 Å². The minimum absolute atomic E-state index is 0.609. The Morgan fingerprint density at radius 2 is 1.13 bits per heavy atom. The third-order valence-electron chi connectivity index (χ3n) is 10.1. The Balaban J connectivity index is 1.39. The molecule has 0 spiro atoms. The third-order valence-corrected chi connectivity index (χ3v) is 10.1. The van der Waals surface area contributed by atoms with Gasteiger partial charge < -0.3 is 0 Å². The van der Waals surface area contributed by atoms with E-state index in [4.69, 9.17) is 19.9 Å². The molecule has 0 atom stereocenters. The highest BCUT2D eigenvalue weighted by Gasteiger charge is 2.18. The van der Waals surface area contributed by atoms with Gasteiger partial charge in [-0.3, -0.25) is 4.98 Å². The summed E-state index contributed by atoms with van der Waals surface area (Å²) in [7, 11) is 0. The van der Waals surface area contributed by atoms with E-state index in [1.54, 1.807) is 0 Å². The Kier molecular flexibility index (Phi) is 9.74. The quantitative estimate of drug-likeness (QED) is 0.151. The lowest BCUT2D eigenvalue weighted by Gasteiger charge is -2.18. The van der Waals surface area contributed by atoms with E-state index in [0.29, 0.717) is 17.5 Å². The molecule has 262 valence electrons. The summed E-state index contributed by atoms with van der Waals surface area (Å²) in [5.74, 6) is 1.87. The lowest BCUT2D eigenvalue weighted by Crippen LogP contribution is -2.01. The van der Waals surface area contributed by atoms with Crippen molar-refractivity contribution in [3.8, 4) is 56.5 Å². The standard InChI is InChI=1S/C50H42N4/c1-5-8-24-43-33(4)42(7-3)44(17-6-2)46-30-37(25-26-45(43)46)39-27-40(47-31-36-22-15-16-23-38(36)32-51-47)29-41(28-39)50-53-48(34-18-11-9-12-19-34)52-49(54-50)35-20-13-10-14-21-35/h6,8-32H,5,7H2,1-4H3/b17-6-,24-8-. The van der Waals surface area contributed by atoms with Crippen LogP contribution in [0.25, 0.3) is 90.2 Å². The van der Waals surface area contributed by atoms with Crippen molar-refractivity contribution in [2.75, 3.05) is 0 Å². The summed E-state index contributed by atoms with van der Waals surface area (Å²) >= 11 is 0. The van der Waals surface area contributed by atoms with Crippen LogP contribution in [0.5, 0.6) is 0 Å². The molecule has 0 unspecified atom stereocenters. The van der Waals surface area contributed by atoms with Gasteiger partial charge in [-0.15, -0.1) is 0 Å². The zero-order valence-corrected chi connectivity index (χ0v) is 31.2. The Bertz CT molecular complexity index is 2630. The molecule has 0 N–H and O–H groups in total. The molecule has 0 amide bonds. The number of hydrogen-bond acceptors (Lipinski definition) is 4. The number of benzene rings is 6. The van der Waals surface area contributed by atoms with Crippen molar-refractivity contribution in [3.05, 3.63) is 168 Å². The van der Waals surface area contributed by atoms with E-state index >= 15 is 0 Å². The average molecular weight is 699 g/mol. The molecule has 8 rings (SSSR count). The van der Waals surface area contributed by atoms with Gasteiger partial charge in [-0.2, -0.15) is 0 Å². The molecule has 0 saturated carbocycles. The molecule has 4 heteroatoms. The molecular weight excluding hydrogens is 657 g/mol. The van der Waals surface area contributed by atoms with E-state index < -0.39 is 0 Å². The van der Waals surface area contributed by atoms with Crippen LogP contribution in [0.15, 0.2) is 146 Å². The number of aromatic nitrogens is 4. The van der Waals surface area contributed by atoms with Gasteiger partial charge >= 0.3 is 0 Å². The summed E-state index contributed by atoms with van der Waals surface area (Å²) in [5, 5.41) is 4.76. The summed E-state index contributed by atoms with van der Waals surface area (Å²) in [5.41, 5.74) is 12.2. The van der Waals surface area contributed by atoms with E-state index in [1.165, 1.54) is 33.0 Å². The van der Waals surface area contributed by atoms with Gasteiger partial charge in [-0.1, -0.05) is 135 Å². The fraction of sp³-hybridized carbons (Fsp3) is 0.120. The van der Waals surface area contributed by atoms with E-state index in [0.717, 1.165) is 62.7 Å². The van der Waals surface area contributed by atoms with Crippen LogP contribution in [-0.4, -0.2) is 19.9 Å². The molecular formula is C50H42N4. The fourth-order valence-corrected chi connectivity index (χ4v) is 7.42. The molecule has 54 heavy (non-hydrogen) atoms. The van der Waals surface area contributed by atoms with Crippen LogP contribution < -0.4 is 0 Å². The molecule has 2 aromatic heterocycles. The molecule has 0 bridgehead atoms. The topological polar surface area (TPSA) is 51.6 Å². The van der Waals surface area contributed by atoms with E-state index in [9.17, 15) is 0 Å². The number of rotatable bonds is 9. The summed E-state index contributed by atoms with van der Waals surface area (Å²) in [6.07, 6.45) is 12.9. The summed E-state index contributed by atoms with van der Waals surface area (Å²) < 4.78 is 0. The first-order chi connectivity index (χ1) is 26.5. The maximum Gasteiger partial charge on any atom is 0.164 e. The van der Waals surface area contributed by atoms with Crippen LogP contribution in [0.3, 0.4) is 0 Å². The molecule has 0 fully saturated rings. The van der Waals surface area contributed by atoms with Crippen LogP contribution in [0.4, 0.5) is 0 Å². The Labute approximate surface area is 317 Å². The van der Waals surface area contributed by atoms with Crippen LogP contribution in [0, 0.1) is 6.92 Å². The molecule has 6 aromatic carbocycles. The molecule has 4 nitrogen and oxygen atoms in total. The molecule has 2 heterocycles. The summed E-state index contributed by atoms with van der Waals surface area (Å²) in [6, 6.07) is 44.3. The minimum atomic E-state index is 0.609. The first-order valence-electron chi connectivity index (χ1n) is 18.8. The number of allylic oxidation sites excluding steroid dienone is 2. The molecule has 8 aromatic rings. The highest BCUT2D eigenvalue weighted by molar-refractivity contribution is 6.01. The lowest BCUT2D eigenvalue weighted by molar-refractivity contribution is 1.07. The van der Waals surface area contributed by atoms with Crippen LogP contribution in [0.1, 0.15) is 49.4 Å². The fourth-order valence-electron chi connectivity index (χ4n) is 7.42. The van der Waals surface area contributed by atoms with E-state index in [2.05, 4.69) is 119 Å². The predicted molar refractivity (Wildman–Crippen MR) is 228 cm³/mol. The second-order valence-corrected chi connectivity index (χ2v) is 13.6. The maximum atomic E-state index is 5.12. The monoisotopic (exact) mass is 698 g/mol. The lowest BCUT2D eigenvalue weighted by atomic mass is 9.86. The van der Waals surface area contributed by atoms with Crippen LogP contribution >= 0.6 is 0 Å². The third kappa shape index (κ3) is 6.75. The molecule has 0 aliphatic rings. The van der Waals surface area contributed by atoms with Gasteiger partial charge in [-0.25, -0.2) is 15.0 Å². The van der Waals surface area contributed by atoms with E-state index in [-0.39, 0.29) is 0 Å². The van der Waals surface area contributed by atoms with Crippen LogP contribution in [0.2, 0.25) is 0 Å². The average Bonchev–Trinajstić information content (AvgIpc) is 3.23. The van der Waals surface area contributed by atoms with E-state index in [1.807, 2.05) is 66.9 Å². The molecule has 0 aliphatic heterocycles. The molecule has 0 aliphatic carbocycles. The molecule has 0 radical (unpaired) electrons. The van der Waals surface area contributed by atoms with Crippen molar-refractivity contribution >= 4 is 33.7 Å². The first-order valence-corrected chi connectivity index (χ1v) is 18.8.